The second-order valence-corrected chi connectivity index (χ2v) is 9.62. The van der Waals surface area contributed by atoms with Crippen LogP contribution in [0.3, 0.4) is 0 Å². The molecule has 0 amide bonds. The Morgan fingerprint density at radius 1 is 1.29 bits per heavy atom. The van der Waals surface area contributed by atoms with Gasteiger partial charge in [-0.25, -0.2) is 9.37 Å². The van der Waals surface area contributed by atoms with Crippen molar-refractivity contribution in [2.45, 2.75) is 58.9 Å². The number of anilines is 3. The molecular formula is C26H35ClFN3O3. The summed E-state index contributed by atoms with van der Waals surface area (Å²) < 4.78 is 26.6. The second-order valence-electron chi connectivity index (χ2n) is 9.19. The maximum atomic E-state index is 15.9. The first-order valence-electron chi connectivity index (χ1n) is 12.0. The van der Waals surface area contributed by atoms with E-state index < -0.39 is 0 Å². The lowest BCUT2D eigenvalue weighted by Crippen LogP contribution is -2.42. The third-order valence-corrected chi connectivity index (χ3v) is 6.13. The summed E-state index contributed by atoms with van der Waals surface area (Å²) in [5.41, 5.74) is 1.86. The van der Waals surface area contributed by atoms with Gasteiger partial charge in [0.05, 0.1) is 29.4 Å². The number of ether oxygens (including phenoxy) is 2. The van der Waals surface area contributed by atoms with Gasteiger partial charge >= 0.3 is 5.97 Å². The molecule has 0 aliphatic carbocycles. The Balaban J connectivity index is 2.04. The molecule has 1 aromatic heterocycles. The molecule has 1 aliphatic heterocycles. The zero-order valence-corrected chi connectivity index (χ0v) is 21.2. The highest BCUT2D eigenvalue weighted by Gasteiger charge is 2.28. The molecule has 0 saturated carbocycles. The molecule has 2 heterocycles. The van der Waals surface area contributed by atoms with Crippen LogP contribution in [0.4, 0.5) is 21.6 Å². The van der Waals surface area contributed by atoms with Crippen molar-refractivity contribution in [2.75, 3.05) is 36.6 Å². The van der Waals surface area contributed by atoms with Crippen LogP contribution >= 0.6 is 11.6 Å². The molecule has 1 saturated heterocycles. The quantitative estimate of drug-likeness (QED) is 0.392. The minimum absolute atomic E-state index is 0.173. The highest BCUT2D eigenvalue weighted by Crippen LogP contribution is 2.38. The fourth-order valence-electron chi connectivity index (χ4n) is 4.28. The molecule has 0 radical (unpaired) electrons. The minimum atomic E-state index is -0.322. The lowest BCUT2D eigenvalue weighted by atomic mass is 9.95. The summed E-state index contributed by atoms with van der Waals surface area (Å²) in [5, 5.41) is 3.83. The molecule has 8 heteroatoms. The molecule has 186 valence electrons. The van der Waals surface area contributed by atoms with Crippen molar-refractivity contribution in [2.24, 2.45) is 5.92 Å². The van der Waals surface area contributed by atoms with Gasteiger partial charge in [-0.05, 0) is 61.4 Å². The predicted molar refractivity (Wildman–Crippen MR) is 135 cm³/mol. The Bertz CT molecular complexity index is 949. The number of nitrogens with one attached hydrogen (secondary N) is 1. The molecule has 6 nitrogen and oxygen atoms in total. The Kier molecular flexibility index (Phi) is 9.54. The fourth-order valence-corrected chi connectivity index (χ4v) is 4.39. The summed E-state index contributed by atoms with van der Waals surface area (Å²) in [4.78, 5) is 18.6. The van der Waals surface area contributed by atoms with Gasteiger partial charge < -0.3 is 19.7 Å². The van der Waals surface area contributed by atoms with Crippen LogP contribution in [0, 0.1) is 11.7 Å². The number of benzene rings is 1. The SMILES string of the molecule is CCOC(=O)CC(C)c1cc(F)c(N(CC(C)C)C2CCOCC2)c(Nc2ccc(Cl)cn2)c1. The van der Waals surface area contributed by atoms with Gasteiger partial charge in [0.25, 0.3) is 0 Å². The van der Waals surface area contributed by atoms with E-state index in [9.17, 15) is 4.79 Å². The average Bonchev–Trinajstić information content (AvgIpc) is 2.80. The standard InChI is InChI=1S/C26H35ClFN3O3/c1-5-34-25(32)12-18(4)19-13-22(28)26(23(14-19)30-24-7-6-20(27)15-29-24)31(16-17(2)3)21-8-10-33-11-9-21/h6-7,13-15,17-18,21H,5,8-12,16H2,1-4H3,(H,29,30). The highest BCUT2D eigenvalue weighted by molar-refractivity contribution is 6.30. The normalized spacial score (nSPS) is 15.3. The number of rotatable bonds is 10. The van der Waals surface area contributed by atoms with Gasteiger partial charge in [-0.2, -0.15) is 0 Å². The van der Waals surface area contributed by atoms with E-state index in [4.69, 9.17) is 21.1 Å². The van der Waals surface area contributed by atoms with E-state index in [0.29, 0.717) is 54.5 Å². The molecule has 0 bridgehead atoms. The van der Waals surface area contributed by atoms with Crippen molar-refractivity contribution in [1.29, 1.82) is 0 Å². The number of carbonyl (C=O) groups excluding carboxylic acids is 1. The van der Waals surface area contributed by atoms with E-state index in [1.807, 2.05) is 13.0 Å². The Morgan fingerprint density at radius 3 is 2.65 bits per heavy atom. The summed E-state index contributed by atoms with van der Waals surface area (Å²) in [6, 6.07) is 7.15. The molecule has 2 aromatic rings. The minimum Gasteiger partial charge on any atom is -0.466 e. The lowest BCUT2D eigenvalue weighted by Gasteiger charge is -2.38. The smallest absolute Gasteiger partial charge is 0.306 e. The van der Waals surface area contributed by atoms with Gasteiger partial charge in [0.1, 0.15) is 11.6 Å². The van der Waals surface area contributed by atoms with E-state index in [1.54, 1.807) is 31.3 Å². The first-order valence-corrected chi connectivity index (χ1v) is 12.4. The highest BCUT2D eigenvalue weighted by atomic mass is 35.5. The van der Waals surface area contributed by atoms with Gasteiger partial charge in [-0.15, -0.1) is 0 Å². The number of aromatic nitrogens is 1. The number of carbonyl (C=O) groups is 1. The van der Waals surface area contributed by atoms with E-state index >= 15 is 4.39 Å². The summed E-state index contributed by atoms with van der Waals surface area (Å²) in [7, 11) is 0. The average molecular weight is 492 g/mol. The van der Waals surface area contributed by atoms with Crippen molar-refractivity contribution in [1.82, 2.24) is 4.98 Å². The van der Waals surface area contributed by atoms with Gasteiger partial charge in [-0.1, -0.05) is 32.4 Å². The van der Waals surface area contributed by atoms with Crippen molar-refractivity contribution in [3.63, 3.8) is 0 Å². The topological polar surface area (TPSA) is 63.7 Å². The molecule has 34 heavy (non-hydrogen) atoms. The monoisotopic (exact) mass is 491 g/mol. The second kappa shape index (κ2) is 12.4. The molecule has 1 atom stereocenters. The van der Waals surface area contributed by atoms with E-state index in [1.165, 1.54) is 0 Å². The summed E-state index contributed by atoms with van der Waals surface area (Å²) in [6.45, 7) is 10.3. The van der Waals surface area contributed by atoms with E-state index in [0.717, 1.165) is 18.4 Å². The largest absolute Gasteiger partial charge is 0.466 e. The Hall–Kier alpha value is -2.38. The maximum absolute atomic E-state index is 15.9. The number of hydrogen-bond acceptors (Lipinski definition) is 6. The number of nitrogens with zero attached hydrogens (tertiary/aromatic N) is 2. The first-order chi connectivity index (χ1) is 16.3. The number of halogens is 2. The summed E-state index contributed by atoms with van der Waals surface area (Å²) in [6.07, 6.45) is 3.41. The van der Waals surface area contributed by atoms with Crippen LogP contribution in [0.15, 0.2) is 30.5 Å². The third-order valence-electron chi connectivity index (χ3n) is 5.90. The molecule has 1 N–H and O–H groups in total. The summed E-state index contributed by atoms with van der Waals surface area (Å²) >= 11 is 6.01. The van der Waals surface area contributed by atoms with E-state index in [-0.39, 0.29) is 30.2 Å². The molecule has 1 aliphatic rings. The van der Waals surface area contributed by atoms with Crippen LogP contribution in [-0.2, 0) is 14.3 Å². The Morgan fingerprint density at radius 2 is 2.03 bits per heavy atom. The van der Waals surface area contributed by atoms with Crippen LogP contribution in [0.2, 0.25) is 5.02 Å². The number of esters is 1. The molecule has 1 fully saturated rings. The maximum Gasteiger partial charge on any atom is 0.306 e. The summed E-state index contributed by atoms with van der Waals surface area (Å²) in [5.74, 6) is 0.0830. The number of pyridine rings is 1. The lowest BCUT2D eigenvalue weighted by molar-refractivity contribution is -0.143. The zero-order chi connectivity index (χ0) is 24.7. The van der Waals surface area contributed by atoms with Crippen LogP contribution in [0.1, 0.15) is 58.4 Å². The van der Waals surface area contributed by atoms with Crippen LogP contribution in [0.25, 0.3) is 0 Å². The molecule has 0 spiro atoms. The molecule has 1 aromatic carbocycles. The van der Waals surface area contributed by atoms with Crippen LogP contribution < -0.4 is 10.2 Å². The van der Waals surface area contributed by atoms with Crippen molar-refractivity contribution in [3.05, 3.63) is 46.9 Å². The number of hydrogen-bond donors (Lipinski definition) is 1. The predicted octanol–water partition coefficient (Wildman–Crippen LogP) is 6.32. The molecule has 1 unspecified atom stereocenters. The van der Waals surface area contributed by atoms with Crippen molar-refractivity contribution >= 4 is 34.8 Å². The first kappa shape index (κ1) is 26.2. The molecular weight excluding hydrogens is 457 g/mol. The zero-order valence-electron chi connectivity index (χ0n) is 20.4. The van der Waals surface area contributed by atoms with Crippen molar-refractivity contribution in [3.8, 4) is 0 Å². The van der Waals surface area contributed by atoms with E-state index in [2.05, 4.69) is 29.0 Å². The van der Waals surface area contributed by atoms with Gasteiger partial charge in [-0.3, -0.25) is 4.79 Å². The fraction of sp³-hybridized carbons (Fsp3) is 0.538. The van der Waals surface area contributed by atoms with Gasteiger partial charge in [0.15, 0.2) is 0 Å². The van der Waals surface area contributed by atoms with Gasteiger partial charge in [0, 0.05) is 32.0 Å². The van der Waals surface area contributed by atoms with Crippen LogP contribution in [0.5, 0.6) is 0 Å². The van der Waals surface area contributed by atoms with Gasteiger partial charge in [0.2, 0.25) is 0 Å². The van der Waals surface area contributed by atoms with Crippen LogP contribution in [-0.4, -0.2) is 43.4 Å². The Labute approximate surface area is 206 Å². The third kappa shape index (κ3) is 7.06. The molecule has 3 rings (SSSR count). The van der Waals surface area contributed by atoms with Crippen molar-refractivity contribution < 1.29 is 18.7 Å².